The normalized spacial score (nSPS) is 21.0. The molecule has 1 aliphatic carbocycles. The maximum Gasteiger partial charge on any atom is 0.310 e. The molecule has 2 aromatic rings. The second kappa shape index (κ2) is 5.26. The van der Waals surface area contributed by atoms with Gasteiger partial charge in [-0.3, -0.25) is 4.79 Å². The highest BCUT2D eigenvalue weighted by Gasteiger charge is 2.42. The number of rotatable bonds is 3. The van der Waals surface area contributed by atoms with Crippen LogP contribution in [-0.2, 0) is 24.1 Å². The molecule has 0 bridgehead atoms. The van der Waals surface area contributed by atoms with Crippen molar-refractivity contribution in [2.75, 3.05) is 0 Å². The lowest BCUT2D eigenvalue weighted by Crippen LogP contribution is -2.39. The largest absolute Gasteiger partial charge is 0.481 e. The molecule has 110 valence electrons. The predicted molar refractivity (Wildman–Crippen MR) is 83.8 cm³/mol. The van der Waals surface area contributed by atoms with E-state index in [2.05, 4.69) is 17.1 Å². The lowest BCUT2D eigenvalue weighted by Gasteiger charge is -2.34. The zero-order valence-electron chi connectivity index (χ0n) is 12.3. The van der Waals surface area contributed by atoms with E-state index in [9.17, 15) is 9.90 Å². The molecule has 0 radical (unpaired) electrons. The number of benzene rings is 1. The molecule has 0 saturated carbocycles. The van der Waals surface area contributed by atoms with Gasteiger partial charge in [-0.1, -0.05) is 24.3 Å². The molecule has 0 amide bonds. The molecule has 1 atom stereocenters. The van der Waals surface area contributed by atoms with Crippen LogP contribution in [0.3, 0.4) is 0 Å². The Hall–Kier alpha value is -1.68. The van der Waals surface area contributed by atoms with Gasteiger partial charge in [0, 0.05) is 11.3 Å². The average Bonchev–Trinajstić information content (AvgIpc) is 2.76. The first-order valence-electron chi connectivity index (χ1n) is 7.23. The van der Waals surface area contributed by atoms with Gasteiger partial charge in [0.2, 0.25) is 0 Å². The molecule has 3 rings (SSSR count). The third-order valence-corrected chi connectivity index (χ3v) is 5.61. The van der Waals surface area contributed by atoms with Gasteiger partial charge >= 0.3 is 5.97 Å². The van der Waals surface area contributed by atoms with Crippen molar-refractivity contribution in [3.63, 3.8) is 0 Å². The molecule has 1 aromatic heterocycles. The standard InChI is InChI=1S/C17H19NO2S/c1-11-12(2)21-15(18-11)10-17(16(19)20)8-7-13-5-3-4-6-14(13)9-17/h3-6H,7-10H2,1-2H3,(H,19,20). The van der Waals surface area contributed by atoms with Crippen LogP contribution in [0.1, 0.15) is 33.1 Å². The molecule has 1 N–H and O–H groups in total. The summed E-state index contributed by atoms with van der Waals surface area (Å²) in [6.45, 7) is 4.03. The zero-order valence-corrected chi connectivity index (χ0v) is 13.2. The quantitative estimate of drug-likeness (QED) is 0.943. The van der Waals surface area contributed by atoms with Crippen LogP contribution in [0, 0.1) is 19.3 Å². The summed E-state index contributed by atoms with van der Waals surface area (Å²) < 4.78 is 0. The van der Waals surface area contributed by atoms with Crippen LogP contribution in [-0.4, -0.2) is 16.1 Å². The number of hydrogen-bond donors (Lipinski definition) is 1. The van der Waals surface area contributed by atoms with Crippen molar-refractivity contribution in [3.05, 3.63) is 51.0 Å². The summed E-state index contributed by atoms with van der Waals surface area (Å²) in [7, 11) is 0. The molecule has 1 aromatic carbocycles. The Kier molecular flexibility index (Phi) is 3.57. The van der Waals surface area contributed by atoms with E-state index in [1.165, 1.54) is 16.0 Å². The minimum absolute atomic E-state index is 0.538. The number of carboxylic acids is 1. The number of thiazole rings is 1. The lowest BCUT2D eigenvalue weighted by atomic mass is 9.69. The fourth-order valence-electron chi connectivity index (χ4n) is 3.11. The van der Waals surface area contributed by atoms with Gasteiger partial charge in [-0.15, -0.1) is 11.3 Å². The molecule has 0 aliphatic heterocycles. The number of aliphatic carboxylic acids is 1. The Morgan fingerprint density at radius 2 is 2.05 bits per heavy atom. The molecular weight excluding hydrogens is 282 g/mol. The first-order valence-corrected chi connectivity index (χ1v) is 8.05. The Morgan fingerprint density at radius 1 is 1.33 bits per heavy atom. The molecule has 21 heavy (non-hydrogen) atoms. The molecule has 1 unspecified atom stereocenters. The number of aromatic nitrogens is 1. The first-order chi connectivity index (χ1) is 10.00. The highest BCUT2D eigenvalue weighted by molar-refractivity contribution is 7.11. The summed E-state index contributed by atoms with van der Waals surface area (Å²) in [5, 5.41) is 10.8. The smallest absolute Gasteiger partial charge is 0.310 e. The van der Waals surface area contributed by atoms with Gasteiger partial charge < -0.3 is 5.11 Å². The van der Waals surface area contributed by atoms with Crippen molar-refractivity contribution in [2.24, 2.45) is 5.41 Å². The van der Waals surface area contributed by atoms with Crippen molar-refractivity contribution < 1.29 is 9.90 Å². The number of carboxylic acid groups (broad SMARTS) is 1. The second-order valence-corrected chi connectivity index (χ2v) is 7.24. The van der Waals surface area contributed by atoms with Crippen molar-refractivity contribution in [1.82, 2.24) is 4.98 Å². The number of aryl methyl sites for hydroxylation is 3. The van der Waals surface area contributed by atoms with Crippen molar-refractivity contribution in [1.29, 1.82) is 0 Å². The lowest BCUT2D eigenvalue weighted by molar-refractivity contribution is -0.149. The van der Waals surface area contributed by atoms with Gasteiger partial charge in [-0.25, -0.2) is 4.98 Å². The summed E-state index contributed by atoms with van der Waals surface area (Å²) in [6, 6.07) is 8.19. The zero-order chi connectivity index (χ0) is 15.0. The fourth-order valence-corrected chi connectivity index (χ4v) is 4.19. The highest BCUT2D eigenvalue weighted by Crippen LogP contribution is 2.39. The van der Waals surface area contributed by atoms with Gasteiger partial charge in [0.1, 0.15) is 0 Å². The van der Waals surface area contributed by atoms with Gasteiger partial charge in [0.25, 0.3) is 0 Å². The van der Waals surface area contributed by atoms with Crippen LogP contribution in [0.15, 0.2) is 24.3 Å². The Bertz CT molecular complexity index is 672. The van der Waals surface area contributed by atoms with Crippen LogP contribution < -0.4 is 0 Å². The van der Waals surface area contributed by atoms with Gasteiger partial charge in [-0.2, -0.15) is 0 Å². The Morgan fingerprint density at radius 3 is 2.67 bits per heavy atom. The van der Waals surface area contributed by atoms with Crippen LogP contribution in [0.4, 0.5) is 0 Å². The summed E-state index contributed by atoms with van der Waals surface area (Å²) in [5.74, 6) is -0.692. The molecular formula is C17H19NO2S. The maximum atomic E-state index is 12.0. The van der Waals surface area contributed by atoms with E-state index < -0.39 is 11.4 Å². The molecule has 1 aliphatic rings. The van der Waals surface area contributed by atoms with Crippen LogP contribution in [0.2, 0.25) is 0 Å². The summed E-state index contributed by atoms with van der Waals surface area (Å²) in [4.78, 5) is 17.7. The number of carbonyl (C=O) groups is 1. The third-order valence-electron chi connectivity index (χ3n) is 4.54. The Balaban J connectivity index is 1.93. The number of nitrogens with zero attached hydrogens (tertiary/aromatic N) is 1. The molecule has 1 heterocycles. The van der Waals surface area contributed by atoms with E-state index in [0.29, 0.717) is 19.3 Å². The molecule has 0 saturated heterocycles. The van der Waals surface area contributed by atoms with Crippen LogP contribution in [0.5, 0.6) is 0 Å². The Labute approximate surface area is 128 Å². The predicted octanol–water partition coefficient (Wildman–Crippen LogP) is 3.56. The van der Waals surface area contributed by atoms with Crippen LogP contribution in [0.25, 0.3) is 0 Å². The van der Waals surface area contributed by atoms with Gasteiger partial charge in [0.05, 0.1) is 16.1 Å². The van der Waals surface area contributed by atoms with E-state index >= 15 is 0 Å². The van der Waals surface area contributed by atoms with Crippen molar-refractivity contribution >= 4 is 17.3 Å². The highest BCUT2D eigenvalue weighted by atomic mass is 32.1. The summed E-state index contributed by atoms with van der Waals surface area (Å²) >= 11 is 1.63. The molecule has 0 fully saturated rings. The van der Waals surface area contributed by atoms with Crippen molar-refractivity contribution in [3.8, 4) is 0 Å². The fraction of sp³-hybridized carbons (Fsp3) is 0.412. The SMILES string of the molecule is Cc1nc(CC2(C(=O)O)CCc3ccccc3C2)sc1C. The van der Waals surface area contributed by atoms with Crippen molar-refractivity contribution in [2.45, 2.75) is 39.5 Å². The topological polar surface area (TPSA) is 50.2 Å². The number of fused-ring (bicyclic) bond motifs is 1. The number of hydrogen-bond acceptors (Lipinski definition) is 3. The third kappa shape index (κ3) is 2.60. The van der Waals surface area contributed by atoms with Crippen LogP contribution >= 0.6 is 11.3 Å². The molecule has 0 spiro atoms. The maximum absolute atomic E-state index is 12.0. The molecule has 4 heteroatoms. The van der Waals surface area contributed by atoms with E-state index in [1.807, 2.05) is 26.0 Å². The van der Waals surface area contributed by atoms with Gasteiger partial charge in [0.15, 0.2) is 0 Å². The molecule has 3 nitrogen and oxygen atoms in total. The van der Waals surface area contributed by atoms with Gasteiger partial charge in [-0.05, 0) is 44.2 Å². The van der Waals surface area contributed by atoms with E-state index in [0.717, 1.165) is 17.1 Å². The average molecular weight is 301 g/mol. The minimum atomic E-state index is -0.703. The monoisotopic (exact) mass is 301 g/mol. The van der Waals surface area contributed by atoms with E-state index in [1.54, 1.807) is 11.3 Å². The van der Waals surface area contributed by atoms with E-state index in [4.69, 9.17) is 0 Å². The summed E-state index contributed by atoms with van der Waals surface area (Å²) in [5.41, 5.74) is 2.79. The summed E-state index contributed by atoms with van der Waals surface area (Å²) in [6.07, 6.45) is 2.68. The minimum Gasteiger partial charge on any atom is -0.481 e. The van der Waals surface area contributed by atoms with E-state index in [-0.39, 0.29) is 0 Å². The first kappa shape index (κ1) is 14.3. The second-order valence-electron chi connectivity index (χ2n) is 5.96.